The molecule has 4 heteroatoms. The third kappa shape index (κ3) is 2.58. The van der Waals surface area contributed by atoms with Gasteiger partial charge >= 0.3 is 0 Å². The minimum Gasteiger partial charge on any atom is -0.306 e. The van der Waals surface area contributed by atoms with Gasteiger partial charge in [0.2, 0.25) is 0 Å². The zero-order valence-electron chi connectivity index (χ0n) is 14.0. The predicted molar refractivity (Wildman–Crippen MR) is 101 cm³/mol. The van der Waals surface area contributed by atoms with Crippen molar-refractivity contribution in [2.75, 3.05) is 25.0 Å². The molecular formula is C20H21BrN2O. The molecule has 3 nitrogen and oxygen atoms in total. The second-order valence-corrected chi connectivity index (χ2v) is 7.88. The molecule has 0 radical (unpaired) electrons. The Labute approximate surface area is 151 Å². The average molecular weight is 385 g/mol. The van der Waals surface area contributed by atoms with Gasteiger partial charge in [0.1, 0.15) is 0 Å². The van der Waals surface area contributed by atoms with Crippen LogP contribution in [0.25, 0.3) is 0 Å². The minimum absolute atomic E-state index is 0.115. The fraction of sp³-hybridized carbons (Fsp3) is 0.350. The van der Waals surface area contributed by atoms with Gasteiger partial charge in [-0.25, -0.2) is 0 Å². The van der Waals surface area contributed by atoms with Crippen LogP contribution in [0.15, 0.2) is 46.9 Å². The summed E-state index contributed by atoms with van der Waals surface area (Å²) in [7, 11) is 2.17. The molecular weight excluding hydrogens is 364 g/mol. The Balaban J connectivity index is 1.77. The predicted octanol–water partition coefficient (Wildman–Crippen LogP) is 4.21. The second-order valence-electron chi connectivity index (χ2n) is 6.97. The molecule has 4 rings (SSSR count). The Hall–Kier alpha value is -1.65. The van der Waals surface area contributed by atoms with Crippen molar-refractivity contribution in [3.05, 3.63) is 63.6 Å². The van der Waals surface area contributed by atoms with E-state index in [1.54, 1.807) is 0 Å². The molecule has 1 fully saturated rings. The van der Waals surface area contributed by atoms with Gasteiger partial charge in [0.05, 0.1) is 0 Å². The van der Waals surface area contributed by atoms with Gasteiger partial charge in [0, 0.05) is 34.2 Å². The zero-order chi connectivity index (χ0) is 16.8. The van der Waals surface area contributed by atoms with Crippen molar-refractivity contribution >= 4 is 27.5 Å². The monoisotopic (exact) mass is 384 g/mol. The lowest BCUT2D eigenvalue weighted by Crippen LogP contribution is -2.47. The summed E-state index contributed by atoms with van der Waals surface area (Å²) in [5, 5.41) is 0. The molecule has 0 spiro atoms. The topological polar surface area (TPSA) is 23.6 Å². The zero-order valence-corrected chi connectivity index (χ0v) is 15.6. The summed E-state index contributed by atoms with van der Waals surface area (Å²) in [6.45, 7) is 4.19. The van der Waals surface area contributed by atoms with Crippen molar-refractivity contribution in [2.24, 2.45) is 0 Å². The van der Waals surface area contributed by atoms with E-state index in [0.29, 0.717) is 5.92 Å². The molecule has 124 valence electrons. The van der Waals surface area contributed by atoms with E-state index in [9.17, 15) is 4.79 Å². The first-order valence-electron chi connectivity index (χ1n) is 8.43. The number of likely N-dealkylation sites (tertiary alicyclic amines) is 1. The van der Waals surface area contributed by atoms with Gasteiger partial charge in [-0.2, -0.15) is 0 Å². The molecule has 0 unspecified atom stereocenters. The Bertz CT molecular complexity index is 787. The number of rotatable bonds is 1. The van der Waals surface area contributed by atoms with Crippen molar-refractivity contribution < 1.29 is 4.79 Å². The van der Waals surface area contributed by atoms with E-state index in [0.717, 1.165) is 35.2 Å². The van der Waals surface area contributed by atoms with E-state index in [4.69, 9.17) is 0 Å². The highest BCUT2D eigenvalue weighted by molar-refractivity contribution is 9.10. The molecule has 2 aliphatic heterocycles. The number of anilines is 1. The number of benzene rings is 2. The lowest BCUT2D eigenvalue weighted by molar-refractivity contribution is 0.0964. The molecule has 1 saturated heterocycles. The molecule has 0 bridgehead atoms. The molecule has 2 heterocycles. The molecule has 0 N–H and O–H groups in total. The Morgan fingerprint density at radius 3 is 2.67 bits per heavy atom. The smallest absolute Gasteiger partial charge is 0.258 e. The maximum Gasteiger partial charge on any atom is 0.258 e. The van der Waals surface area contributed by atoms with Gasteiger partial charge in [-0.3, -0.25) is 4.79 Å². The molecule has 1 amide bonds. The molecule has 2 aromatic carbocycles. The van der Waals surface area contributed by atoms with Crippen LogP contribution in [0.4, 0.5) is 5.69 Å². The van der Waals surface area contributed by atoms with Crippen molar-refractivity contribution in [2.45, 2.75) is 25.3 Å². The van der Waals surface area contributed by atoms with Gasteiger partial charge < -0.3 is 9.80 Å². The van der Waals surface area contributed by atoms with E-state index < -0.39 is 0 Å². The van der Waals surface area contributed by atoms with Crippen molar-refractivity contribution in [3.63, 3.8) is 0 Å². The number of piperidine rings is 1. The lowest BCUT2D eigenvalue weighted by atomic mass is 9.88. The molecule has 0 saturated carbocycles. The highest BCUT2D eigenvalue weighted by Crippen LogP contribution is 2.45. The number of aryl methyl sites for hydroxylation is 1. The fourth-order valence-electron chi connectivity index (χ4n) is 4.08. The van der Waals surface area contributed by atoms with E-state index in [1.807, 2.05) is 24.3 Å². The van der Waals surface area contributed by atoms with Crippen LogP contribution in [-0.2, 0) is 0 Å². The van der Waals surface area contributed by atoms with Crippen molar-refractivity contribution in [1.29, 1.82) is 0 Å². The summed E-state index contributed by atoms with van der Waals surface area (Å²) >= 11 is 3.44. The van der Waals surface area contributed by atoms with Crippen molar-refractivity contribution in [1.82, 2.24) is 4.90 Å². The summed E-state index contributed by atoms with van der Waals surface area (Å²) in [5.41, 5.74) is 4.44. The molecule has 24 heavy (non-hydrogen) atoms. The van der Waals surface area contributed by atoms with Crippen LogP contribution in [0, 0.1) is 6.92 Å². The van der Waals surface area contributed by atoms with Crippen LogP contribution < -0.4 is 4.90 Å². The Kier molecular flexibility index (Phi) is 3.97. The summed E-state index contributed by atoms with van der Waals surface area (Å²) in [4.78, 5) is 17.7. The van der Waals surface area contributed by atoms with E-state index in [1.165, 1.54) is 11.1 Å². The highest BCUT2D eigenvalue weighted by atomic mass is 79.9. The third-order valence-electron chi connectivity index (χ3n) is 5.26. The largest absolute Gasteiger partial charge is 0.306 e. The van der Waals surface area contributed by atoms with Crippen LogP contribution >= 0.6 is 15.9 Å². The number of hydrogen-bond donors (Lipinski definition) is 0. The van der Waals surface area contributed by atoms with E-state index in [-0.39, 0.29) is 11.9 Å². The maximum atomic E-state index is 13.2. The normalized spacial score (nSPS) is 23.0. The number of hydrogen-bond acceptors (Lipinski definition) is 2. The van der Waals surface area contributed by atoms with E-state index >= 15 is 0 Å². The number of halogens is 1. The first kappa shape index (κ1) is 15.9. The fourth-order valence-corrected chi connectivity index (χ4v) is 4.34. The third-order valence-corrected chi connectivity index (χ3v) is 5.79. The van der Waals surface area contributed by atoms with Gasteiger partial charge in [-0.15, -0.1) is 0 Å². The Morgan fingerprint density at radius 1 is 1.17 bits per heavy atom. The summed E-state index contributed by atoms with van der Waals surface area (Å²) < 4.78 is 0.994. The van der Waals surface area contributed by atoms with Crippen LogP contribution in [0.5, 0.6) is 0 Å². The summed E-state index contributed by atoms with van der Waals surface area (Å²) in [6, 6.07) is 14.5. The second kappa shape index (κ2) is 6.01. The van der Waals surface area contributed by atoms with Gasteiger partial charge in [-0.1, -0.05) is 33.6 Å². The van der Waals surface area contributed by atoms with Gasteiger partial charge in [0.25, 0.3) is 5.91 Å². The quantitative estimate of drug-likeness (QED) is 0.735. The SMILES string of the molecule is Cc1ccc2c(c1)[C@H]1CN(C)CC[C@H]1N2C(=O)c1ccc(Br)cc1. The summed E-state index contributed by atoms with van der Waals surface area (Å²) in [6.07, 6.45) is 1.02. The van der Waals surface area contributed by atoms with Crippen LogP contribution in [0.3, 0.4) is 0 Å². The number of carbonyl (C=O) groups excluding carboxylic acids is 1. The van der Waals surface area contributed by atoms with Crippen LogP contribution in [0.1, 0.15) is 33.8 Å². The number of fused-ring (bicyclic) bond motifs is 3. The van der Waals surface area contributed by atoms with Gasteiger partial charge in [0.15, 0.2) is 0 Å². The minimum atomic E-state index is 0.115. The molecule has 2 atom stereocenters. The molecule has 2 aliphatic rings. The number of amides is 1. The lowest BCUT2D eigenvalue weighted by Gasteiger charge is -2.36. The number of likely N-dealkylation sites (N-methyl/N-ethyl adjacent to an activating group) is 1. The van der Waals surface area contributed by atoms with E-state index in [2.05, 4.69) is 57.9 Å². The highest BCUT2D eigenvalue weighted by Gasteiger charge is 2.43. The molecule has 0 aliphatic carbocycles. The Morgan fingerprint density at radius 2 is 1.92 bits per heavy atom. The maximum absolute atomic E-state index is 13.2. The van der Waals surface area contributed by atoms with Crippen molar-refractivity contribution in [3.8, 4) is 0 Å². The van der Waals surface area contributed by atoms with Crippen LogP contribution in [0.2, 0.25) is 0 Å². The summed E-state index contributed by atoms with van der Waals surface area (Å²) in [5.74, 6) is 0.530. The number of nitrogens with zero attached hydrogens (tertiary/aromatic N) is 2. The molecule has 0 aromatic heterocycles. The first-order chi connectivity index (χ1) is 11.5. The standard InChI is InChI=1S/C20H21BrN2O/c1-13-3-8-18-16(11-13)17-12-22(2)10-9-19(17)23(18)20(24)14-4-6-15(21)7-5-14/h3-8,11,17,19H,9-10,12H2,1-2H3/t17-,19-/m1/s1. The van der Waals surface area contributed by atoms with Crippen LogP contribution in [-0.4, -0.2) is 37.0 Å². The average Bonchev–Trinajstić information content (AvgIpc) is 2.88. The first-order valence-corrected chi connectivity index (χ1v) is 9.22. The number of carbonyl (C=O) groups is 1. The van der Waals surface area contributed by atoms with Gasteiger partial charge in [-0.05, 0) is 62.8 Å². The molecule has 2 aromatic rings.